The van der Waals surface area contributed by atoms with Crippen LogP contribution in [-0.2, 0) is 0 Å². The van der Waals surface area contributed by atoms with Crippen molar-refractivity contribution in [3.8, 4) is 5.88 Å². The van der Waals surface area contributed by atoms with Crippen molar-refractivity contribution in [1.29, 1.82) is 0 Å². The van der Waals surface area contributed by atoms with Gasteiger partial charge in [0.25, 0.3) is 0 Å². The SMILES string of the molecule is Cc1nc2sc([C@H](c3ccc(Br)cc3)[NH+]3CCCCC3)c(O)n2n1. The van der Waals surface area contributed by atoms with Gasteiger partial charge in [-0.25, -0.2) is 4.98 Å². The lowest BCUT2D eigenvalue weighted by atomic mass is 10.0. The first kappa shape index (κ1) is 16.1. The van der Waals surface area contributed by atoms with Crippen molar-refractivity contribution in [1.82, 2.24) is 14.6 Å². The lowest BCUT2D eigenvalue weighted by Crippen LogP contribution is -3.13. The lowest BCUT2D eigenvalue weighted by molar-refractivity contribution is -0.929. The minimum Gasteiger partial charge on any atom is -0.492 e. The molecule has 1 aliphatic heterocycles. The number of hydrogen-bond donors (Lipinski definition) is 2. The topological polar surface area (TPSA) is 54.9 Å². The number of benzene rings is 1. The number of nitrogens with one attached hydrogen (secondary N) is 1. The van der Waals surface area contributed by atoms with E-state index in [1.165, 1.54) is 29.7 Å². The standard InChI is InChI=1S/C17H19BrN4OS/c1-11-19-17-22(20-11)16(23)15(24-17)14(21-9-3-2-4-10-21)12-5-7-13(18)8-6-12/h5-8,14,23H,2-4,9-10H2,1H3/p+1/t14-/m0/s1. The van der Waals surface area contributed by atoms with E-state index in [0.717, 1.165) is 27.4 Å². The molecule has 1 aromatic carbocycles. The van der Waals surface area contributed by atoms with Crippen LogP contribution in [0.3, 0.4) is 0 Å². The van der Waals surface area contributed by atoms with Crippen molar-refractivity contribution in [2.45, 2.75) is 32.2 Å². The van der Waals surface area contributed by atoms with Gasteiger partial charge in [0.15, 0.2) is 6.04 Å². The molecule has 3 aromatic rings. The van der Waals surface area contributed by atoms with Gasteiger partial charge in [-0.3, -0.25) is 0 Å². The fourth-order valence-corrected chi connectivity index (χ4v) is 5.01. The van der Waals surface area contributed by atoms with Crippen molar-refractivity contribution in [2.75, 3.05) is 13.1 Å². The lowest BCUT2D eigenvalue weighted by Gasteiger charge is -2.31. The van der Waals surface area contributed by atoms with Gasteiger partial charge in [0.1, 0.15) is 10.7 Å². The molecule has 0 aliphatic carbocycles. The zero-order valence-electron chi connectivity index (χ0n) is 13.5. The quantitative estimate of drug-likeness (QED) is 0.701. The van der Waals surface area contributed by atoms with Gasteiger partial charge in [-0.2, -0.15) is 4.52 Å². The van der Waals surface area contributed by atoms with Crippen LogP contribution in [0.15, 0.2) is 28.7 Å². The molecule has 0 spiro atoms. The number of aryl methyl sites for hydroxylation is 1. The molecule has 3 heterocycles. The summed E-state index contributed by atoms with van der Waals surface area (Å²) in [6.07, 6.45) is 3.78. The molecule has 1 fully saturated rings. The van der Waals surface area contributed by atoms with Crippen LogP contribution in [0.1, 0.15) is 41.6 Å². The van der Waals surface area contributed by atoms with Crippen LogP contribution in [0.4, 0.5) is 0 Å². The van der Waals surface area contributed by atoms with Crippen LogP contribution in [0.25, 0.3) is 4.96 Å². The zero-order valence-corrected chi connectivity index (χ0v) is 15.9. The number of rotatable bonds is 3. The molecule has 1 atom stereocenters. The van der Waals surface area contributed by atoms with E-state index in [2.05, 4.69) is 50.3 Å². The molecule has 0 radical (unpaired) electrons. The predicted octanol–water partition coefficient (Wildman–Crippen LogP) is 2.73. The van der Waals surface area contributed by atoms with E-state index in [1.807, 2.05) is 6.92 Å². The molecule has 5 nitrogen and oxygen atoms in total. The Labute approximate surface area is 153 Å². The van der Waals surface area contributed by atoms with Crippen LogP contribution in [-0.4, -0.2) is 32.8 Å². The summed E-state index contributed by atoms with van der Waals surface area (Å²) in [6.45, 7) is 4.11. The third-order valence-corrected chi connectivity index (χ3v) is 6.29. The largest absolute Gasteiger partial charge is 0.492 e. The highest BCUT2D eigenvalue weighted by atomic mass is 79.9. The summed E-state index contributed by atoms with van der Waals surface area (Å²) < 4.78 is 2.64. The summed E-state index contributed by atoms with van der Waals surface area (Å²) in [5.74, 6) is 0.926. The first-order chi connectivity index (χ1) is 11.6. The molecule has 0 unspecified atom stereocenters. The molecule has 0 saturated carbocycles. The Bertz CT molecular complexity index is 851. The van der Waals surface area contributed by atoms with Crippen LogP contribution < -0.4 is 4.90 Å². The average Bonchev–Trinajstić information content (AvgIpc) is 3.09. The Morgan fingerprint density at radius 2 is 1.92 bits per heavy atom. The van der Waals surface area contributed by atoms with E-state index < -0.39 is 0 Å². The summed E-state index contributed by atoms with van der Waals surface area (Å²) in [5.41, 5.74) is 1.23. The van der Waals surface area contributed by atoms with Gasteiger partial charge < -0.3 is 10.0 Å². The number of halogens is 1. The van der Waals surface area contributed by atoms with Crippen molar-refractivity contribution in [3.63, 3.8) is 0 Å². The van der Waals surface area contributed by atoms with Crippen LogP contribution in [0, 0.1) is 6.92 Å². The van der Waals surface area contributed by atoms with E-state index in [-0.39, 0.29) is 11.9 Å². The molecule has 2 aromatic heterocycles. The smallest absolute Gasteiger partial charge is 0.235 e. The third-order valence-electron chi connectivity index (χ3n) is 4.68. The van der Waals surface area contributed by atoms with Gasteiger partial charge in [0.2, 0.25) is 10.8 Å². The fourth-order valence-electron chi connectivity index (χ4n) is 3.56. The Balaban J connectivity index is 1.82. The maximum atomic E-state index is 10.8. The normalized spacial score (nSPS) is 17.4. The van der Waals surface area contributed by atoms with E-state index in [0.29, 0.717) is 5.82 Å². The summed E-state index contributed by atoms with van der Waals surface area (Å²) in [7, 11) is 0. The molecule has 0 amide bonds. The van der Waals surface area contributed by atoms with Crippen molar-refractivity contribution < 1.29 is 10.0 Å². The minimum absolute atomic E-state index is 0.132. The van der Waals surface area contributed by atoms with Crippen LogP contribution in [0.2, 0.25) is 0 Å². The zero-order chi connectivity index (χ0) is 16.7. The maximum Gasteiger partial charge on any atom is 0.235 e. The highest BCUT2D eigenvalue weighted by molar-refractivity contribution is 9.10. The molecule has 1 aliphatic rings. The highest BCUT2D eigenvalue weighted by Gasteiger charge is 2.33. The monoisotopic (exact) mass is 407 g/mol. The average molecular weight is 408 g/mol. The number of likely N-dealkylation sites (tertiary alicyclic amines) is 1. The summed E-state index contributed by atoms with van der Waals surface area (Å²) >= 11 is 5.07. The molecular formula is C17H20BrN4OS+. The fraction of sp³-hybridized carbons (Fsp3) is 0.412. The summed E-state index contributed by atoms with van der Waals surface area (Å²) in [6, 6.07) is 8.58. The molecule has 2 N–H and O–H groups in total. The Kier molecular flexibility index (Phi) is 4.32. The van der Waals surface area contributed by atoms with E-state index >= 15 is 0 Å². The number of piperidine rings is 1. The number of aromatic hydroxyl groups is 1. The number of aromatic nitrogens is 3. The molecule has 7 heteroatoms. The summed E-state index contributed by atoms with van der Waals surface area (Å²) in [4.78, 5) is 7.66. The second kappa shape index (κ2) is 6.46. The highest BCUT2D eigenvalue weighted by Crippen LogP contribution is 2.35. The van der Waals surface area contributed by atoms with Crippen LogP contribution >= 0.6 is 27.3 Å². The molecule has 0 bridgehead atoms. The number of hydrogen-bond acceptors (Lipinski definition) is 4. The Morgan fingerprint density at radius 1 is 1.21 bits per heavy atom. The molecular weight excluding hydrogens is 388 g/mol. The minimum atomic E-state index is 0.132. The Morgan fingerprint density at radius 3 is 2.58 bits per heavy atom. The second-order valence-electron chi connectivity index (χ2n) is 6.35. The van der Waals surface area contributed by atoms with Gasteiger partial charge in [0, 0.05) is 10.0 Å². The van der Waals surface area contributed by atoms with Gasteiger partial charge in [0.05, 0.1) is 13.1 Å². The van der Waals surface area contributed by atoms with Gasteiger partial charge in [-0.1, -0.05) is 39.4 Å². The number of quaternary nitrogens is 1. The van der Waals surface area contributed by atoms with Gasteiger partial charge >= 0.3 is 0 Å². The van der Waals surface area contributed by atoms with Crippen molar-refractivity contribution in [2.24, 2.45) is 0 Å². The van der Waals surface area contributed by atoms with Gasteiger partial charge in [-0.15, -0.1) is 5.10 Å². The van der Waals surface area contributed by atoms with Gasteiger partial charge in [-0.05, 0) is 38.3 Å². The summed E-state index contributed by atoms with van der Waals surface area (Å²) in [5, 5.41) is 15.1. The molecule has 24 heavy (non-hydrogen) atoms. The first-order valence-electron chi connectivity index (χ1n) is 8.28. The Hall–Kier alpha value is -1.44. The van der Waals surface area contributed by atoms with E-state index in [1.54, 1.807) is 15.9 Å². The van der Waals surface area contributed by atoms with Crippen molar-refractivity contribution in [3.05, 3.63) is 45.0 Å². The van der Waals surface area contributed by atoms with Crippen LogP contribution in [0.5, 0.6) is 5.88 Å². The second-order valence-corrected chi connectivity index (χ2v) is 8.27. The van der Waals surface area contributed by atoms with Crippen molar-refractivity contribution >= 4 is 32.2 Å². The molecule has 1 saturated heterocycles. The molecule has 4 rings (SSSR count). The predicted molar refractivity (Wildman–Crippen MR) is 97.8 cm³/mol. The first-order valence-corrected chi connectivity index (χ1v) is 9.89. The third kappa shape index (κ3) is 2.85. The number of nitrogens with zero attached hydrogens (tertiary/aromatic N) is 3. The maximum absolute atomic E-state index is 10.8. The number of fused-ring (bicyclic) bond motifs is 1. The number of thiazole rings is 1. The van der Waals surface area contributed by atoms with E-state index in [9.17, 15) is 5.11 Å². The van der Waals surface area contributed by atoms with E-state index in [4.69, 9.17) is 0 Å². The molecule has 126 valence electrons.